The van der Waals surface area contributed by atoms with Crippen molar-refractivity contribution in [1.29, 1.82) is 0 Å². The third kappa shape index (κ3) is 4.21. The Labute approximate surface area is 122 Å². The maximum absolute atomic E-state index is 13.3. The first-order chi connectivity index (χ1) is 10.2. The predicted molar refractivity (Wildman–Crippen MR) is 75.1 cm³/mol. The van der Waals surface area contributed by atoms with Gasteiger partial charge in [0.05, 0.1) is 6.61 Å². The molecule has 0 spiro atoms. The van der Waals surface area contributed by atoms with E-state index in [2.05, 4.69) is 0 Å². The Morgan fingerprint density at radius 1 is 0.952 bits per heavy atom. The van der Waals surface area contributed by atoms with E-state index in [1.807, 2.05) is 6.92 Å². The quantitative estimate of drug-likeness (QED) is 0.605. The first-order valence-corrected chi connectivity index (χ1v) is 6.50. The van der Waals surface area contributed by atoms with Crippen LogP contribution in [0.25, 0.3) is 0 Å². The Morgan fingerprint density at radius 2 is 1.57 bits per heavy atom. The van der Waals surface area contributed by atoms with Crippen molar-refractivity contribution >= 4 is 5.97 Å². The second-order valence-corrected chi connectivity index (χ2v) is 4.07. The number of ether oxygens (including phenoxy) is 3. The highest BCUT2D eigenvalue weighted by molar-refractivity contribution is 5.74. The molecule has 0 N–H and O–H groups in total. The topological polar surface area (TPSA) is 44.8 Å². The lowest BCUT2D eigenvalue weighted by Gasteiger charge is -2.10. The maximum Gasteiger partial charge on any atom is 0.349 e. The summed E-state index contributed by atoms with van der Waals surface area (Å²) in [4.78, 5) is 11.7. The Hall–Kier alpha value is -2.56. The number of hydrogen-bond acceptors (Lipinski definition) is 4. The summed E-state index contributed by atoms with van der Waals surface area (Å²) in [6.07, 6.45) is 0. The molecule has 0 fully saturated rings. The van der Waals surface area contributed by atoms with Gasteiger partial charge in [0.15, 0.2) is 29.7 Å². The van der Waals surface area contributed by atoms with Crippen LogP contribution in [0.5, 0.6) is 17.2 Å². The van der Waals surface area contributed by atoms with Crippen LogP contribution in [0.3, 0.4) is 0 Å². The highest BCUT2D eigenvalue weighted by Gasteiger charge is 2.11. The van der Waals surface area contributed by atoms with Gasteiger partial charge in [-0.25, -0.2) is 9.18 Å². The average Bonchev–Trinajstić information content (AvgIpc) is 2.49. The summed E-state index contributed by atoms with van der Waals surface area (Å²) in [6.45, 7) is 1.90. The number of carbonyl (C=O) groups excluding carboxylic acids is 1. The fourth-order valence-electron chi connectivity index (χ4n) is 1.66. The minimum Gasteiger partial charge on any atom is -0.490 e. The summed E-state index contributed by atoms with van der Waals surface area (Å²) in [5.74, 6) is -0.376. The van der Waals surface area contributed by atoms with Crippen molar-refractivity contribution in [3.8, 4) is 17.2 Å². The lowest BCUT2D eigenvalue weighted by atomic mass is 10.3. The van der Waals surface area contributed by atoms with Gasteiger partial charge < -0.3 is 14.2 Å². The molecule has 0 aliphatic rings. The second kappa shape index (κ2) is 7.28. The maximum atomic E-state index is 13.3. The molecule has 110 valence electrons. The molecule has 0 bridgehead atoms. The molecule has 0 aromatic heterocycles. The molecule has 0 atom stereocenters. The molecule has 5 heteroatoms. The molecule has 0 amide bonds. The van der Waals surface area contributed by atoms with E-state index in [-0.39, 0.29) is 12.4 Å². The van der Waals surface area contributed by atoms with Crippen LogP contribution in [0.2, 0.25) is 0 Å². The van der Waals surface area contributed by atoms with E-state index >= 15 is 0 Å². The zero-order valence-electron chi connectivity index (χ0n) is 11.5. The van der Waals surface area contributed by atoms with E-state index in [1.165, 1.54) is 12.1 Å². The number of esters is 1. The predicted octanol–water partition coefficient (Wildman–Crippen LogP) is 3.21. The van der Waals surface area contributed by atoms with Crippen LogP contribution >= 0.6 is 0 Å². The Balaban J connectivity index is 1.95. The van der Waals surface area contributed by atoms with Crippen LogP contribution in [0, 0.1) is 5.82 Å². The largest absolute Gasteiger partial charge is 0.490 e. The average molecular weight is 290 g/mol. The van der Waals surface area contributed by atoms with Gasteiger partial charge in [0.25, 0.3) is 0 Å². The van der Waals surface area contributed by atoms with Gasteiger partial charge in [-0.2, -0.15) is 0 Å². The molecular weight excluding hydrogens is 275 g/mol. The molecule has 2 rings (SSSR count). The molecule has 0 unspecified atom stereocenters. The molecule has 0 heterocycles. The van der Waals surface area contributed by atoms with Gasteiger partial charge in [-0.1, -0.05) is 24.3 Å². The van der Waals surface area contributed by atoms with Crippen LogP contribution < -0.4 is 14.2 Å². The van der Waals surface area contributed by atoms with Gasteiger partial charge in [0.2, 0.25) is 0 Å². The van der Waals surface area contributed by atoms with Gasteiger partial charge in [-0.15, -0.1) is 0 Å². The molecule has 0 saturated carbocycles. The Bertz CT molecular complexity index is 613. The molecule has 21 heavy (non-hydrogen) atoms. The van der Waals surface area contributed by atoms with Gasteiger partial charge in [0.1, 0.15) is 0 Å². The van der Waals surface area contributed by atoms with E-state index in [9.17, 15) is 9.18 Å². The summed E-state index contributed by atoms with van der Waals surface area (Å²) < 4.78 is 28.9. The van der Waals surface area contributed by atoms with E-state index < -0.39 is 11.8 Å². The monoisotopic (exact) mass is 290 g/mol. The van der Waals surface area contributed by atoms with Crippen LogP contribution in [0.15, 0.2) is 48.5 Å². The number of hydrogen-bond donors (Lipinski definition) is 0. The third-order valence-electron chi connectivity index (χ3n) is 2.55. The number of benzene rings is 2. The minimum atomic E-state index is -0.634. The summed E-state index contributed by atoms with van der Waals surface area (Å²) >= 11 is 0. The Morgan fingerprint density at radius 3 is 2.24 bits per heavy atom. The van der Waals surface area contributed by atoms with Crippen molar-refractivity contribution in [2.24, 2.45) is 0 Å². The number of para-hydroxylation sites is 3. The molecule has 0 aliphatic carbocycles. The van der Waals surface area contributed by atoms with Gasteiger partial charge in [-0.05, 0) is 31.2 Å². The number of halogens is 1. The summed E-state index contributed by atoms with van der Waals surface area (Å²) in [7, 11) is 0. The van der Waals surface area contributed by atoms with Crippen molar-refractivity contribution in [3.63, 3.8) is 0 Å². The van der Waals surface area contributed by atoms with Crippen LogP contribution in [0.1, 0.15) is 6.92 Å². The van der Waals surface area contributed by atoms with Crippen LogP contribution in [-0.2, 0) is 4.79 Å². The number of rotatable bonds is 6. The fraction of sp³-hybridized carbons (Fsp3) is 0.188. The first-order valence-electron chi connectivity index (χ1n) is 6.50. The Kier molecular flexibility index (Phi) is 5.15. The van der Waals surface area contributed by atoms with Crippen molar-refractivity contribution in [2.75, 3.05) is 13.2 Å². The SMILES string of the molecule is CCOc1ccccc1OC(=O)COc1ccccc1F. The van der Waals surface area contributed by atoms with Gasteiger partial charge in [-0.3, -0.25) is 0 Å². The van der Waals surface area contributed by atoms with E-state index in [4.69, 9.17) is 14.2 Å². The smallest absolute Gasteiger partial charge is 0.349 e. The van der Waals surface area contributed by atoms with E-state index in [1.54, 1.807) is 36.4 Å². The van der Waals surface area contributed by atoms with Crippen LogP contribution in [0.4, 0.5) is 4.39 Å². The molecule has 2 aromatic rings. The standard InChI is InChI=1S/C16H15FO4/c1-2-19-14-9-5-6-10-15(14)21-16(18)11-20-13-8-4-3-7-12(13)17/h3-10H,2,11H2,1H3. The molecule has 0 saturated heterocycles. The van der Waals surface area contributed by atoms with Crippen molar-refractivity contribution in [1.82, 2.24) is 0 Å². The van der Waals surface area contributed by atoms with E-state index in [0.717, 1.165) is 0 Å². The third-order valence-corrected chi connectivity index (χ3v) is 2.55. The fourth-order valence-corrected chi connectivity index (χ4v) is 1.66. The summed E-state index contributed by atoms with van der Waals surface area (Å²) in [6, 6.07) is 12.7. The first kappa shape index (κ1) is 14.8. The van der Waals surface area contributed by atoms with Gasteiger partial charge >= 0.3 is 5.97 Å². The minimum absolute atomic E-state index is 0.00698. The second-order valence-electron chi connectivity index (χ2n) is 4.07. The molecule has 0 aliphatic heterocycles. The van der Waals surface area contributed by atoms with Crippen LogP contribution in [-0.4, -0.2) is 19.2 Å². The number of carbonyl (C=O) groups is 1. The van der Waals surface area contributed by atoms with E-state index in [0.29, 0.717) is 18.1 Å². The molecule has 2 aromatic carbocycles. The van der Waals surface area contributed by atoms with Gasteiger partial charge in [0, 0.05) is 0 Å². The molecule has 0 radical (unpaired) electrons. The normalized spacial score (nSPS) is 10.0. The van der Waals surface area contributed by atoms with Crippen molar-refractivity contribution in [2.45, 2.75) is 6.92 Å². The lowest BCUT2D eigenvalue weighted by Crippen LogP contribution is -2.18. The zero-order valence-corrected chi connectivity index (χ0v) is 11.5. The van der Waals surface area contributed by atoms with Crippen molar-refractivity contribution in [3.05, 3.63) is 54.3 Å². The molecule has 4 nitrogen and oxygen atoms in total. The molecular formula is C16H15FO4. The summed E-state index contributed by atoms with van der Waals surface area (Å²) in [5, 5.41) is 0. The zero-order chi connectivity index (χ0) is 15.1. The lowest BCUT2D eigenvalue weighted by molar-refractivity contribution is -0.136. The highest BCUT2D eigenvalue weighted by Crippen LogP contribution is 2.26. The van der Waals surface area contributed by atoms with Crippen molar-refractivity contribution < 1.29 is 23.4 Å². The highest BCUT2D eigenvalue weighted by atomic mass is 19.1. The summed E-state index contributed by atoms with van der Waals surface area (Å²) in [5.41, 5.74) is 0.